The van der Waals surface area contributed by atoms with E-state index < -0.39 is 5.82 Å². The fourth-order valence-electron chi connectivity index (χ4n) is 3.51. The van der Waals surface area contributed by atoms with Crippen LogP contribution in [0.15, 0.2) is 30.5 Å². The van der Waals surface area contributed by atoms with Crippen molar-refractivity contribution in [3.8, 4) is 5.88 Å². The zero-order valence-electron chi connectivity index (χ0n) is 14.5. The zero-order valence-corrected chi connectivity index (χ0v) is 14.5. The van der Waals surface area contributed by atoms with Gasteiger partial charge in [0.05, 0.1) is 6.04 Å². The van der Waals surface area contributed by atoms with E-state index in [1.807, 2.05) is 16.4 Å². The standard InChI is InChI=1S/C18H20FN5O2/c1-12-16-22-21-15(11-26-17-14(19)7-4-8-20-17)24(16)10-9-23(12)18(25)13-5-2-3-6-13/h2-4,7-8,12-13H,5-6,9-11H2,1H3/t12-/m1/s1. The number of nitrogens with zero attached hydrogens (tertiary/aromatic N) is 5. The summed E-state index contributed by atoms with van der Waals surface area (Å²) in [7, 11) is 0. The average molecular weight is 357 g/mol. The van der Waals surface area contributed by atoms with Crippen LogP contribution in [0.25, 0.3) is 0 Å². The van der Waals surface area contributed by atoms with Crippen molar-refractivity contribution in [3.63, 3.8) is 0 Å². The largest absolute Gasteiger partial charge is 0.467 e. The van der Waals surface area contributed by atoms with Gasteiger partial charge in [-0.2, -0.15) is 0 Å². The van der Waals surface area contributed by atoms with E-state index in [0.717, 1.165) is 18.7 Å². The lowest BCUT2D eigenvalue weighted by molar-refractivity contribution is -0.138. The molecule has 0 aromatic carbocycles. The number of aromatic nitrogens is 4. The Morgan fingerprint density at radius 2 is 2.12 bits per heavy atom. The predicted octanol–water partition coefficient (Wildman–Crippen LogP) is 2.26. The first-order valence-corrected chi connectivity index (χ1v) is 8.76. The Kier molecular flexibility index (Phi) is 4.40. The molecule has 4 rings (SSSR count). The lowest BCUT2D eigenvalue weighted by Gasteiger charge is -2.35. The maximum atomic E-state index is 13.6. The number of allylic oxidation sites excluding steroid dienone is 2. The van der Waals surface area contributed by atoms with Crippen LogP contribution < -0.4 is 4.74 Å². The van der Waals surface area contributed by atoms with Gasteiger partial charge in [0, 0.05) is 25.2 Å². The molecule has 2 aliphatic rings. The summed E-state index contributed by atoms with van der Waals surface area (Å²) >= 11 is 0. The quantitative estimate of drug-likeness (QED) is 0.785. The fraction of sp³-hybridized carbons (Fsp3) is 0.444. The second-order valence-electron chi connectivity index (χ2n) is 6.55. The number of amides is 1. The van der Waals surface area contributed by atoms with Gasteiger partial charge in [0.25, 0.3) is 5.88 Å². The first-order valence-electron chi connectivity index (χ1n) is 8.76. The Labute approximate surface area is 150 Å². The number of carbonyl (C=O) groups is 1. The lowest BCUT2D eigenvalue weighted by Crippen LogP contribution is -2.44. The molecule has 1 amide bonds. The van der Waals surface area contributed by atoms with Crippen LogP contribution in [0.1, 0.15) is 37.5 Å². The monoisotopic (exact) mass is 357 g/mol. The smallest absolute Gasteiger partial charge is 0.250 e. The molecule has 7 nitrogen and oxygen atoms in total. The number of hydrogen-bond acceptors (Lipinski definition) is 5. The van der Waals surface area contributed by atoms with E-state index in [-0.39, 0.29) is 30.4 Å². The molecule has 1 aliphatic carbocycles. The summed E-state index contributed by atoms with van der Waals surface area (Å²) < 4.78 is 21.0. The van der Waals surface area contributed by atoms with Crippen LogP contribution in [0, 0.1) is 11.7 Å². The number of hydrogen-bond donors (Lipinski definition) is 0. The fourth-order valence-corrected chi connectivity index (χ4v) is 3.51. The Balaban J connectivity index is 1.47. The third-order valence-electron chi connectivity index (χ3n) is 4.96. The van der Waals surface area contributed by atoms with Crippen LogP contribution >= 0.6 is 0 Å². The number of pyridine rings is 1. The molecule has 0 fully saturated rings. The van der Waals surface area contributed by atoms with Crippen LogP contribution in [-0.2, 0) is 17.9 Å². The average Bonchev–Trinajstić information content (AvgIpc) is 3.31. The summed E-state index contributed by atoms with van der Waals surface area (Å²) in [6, 6.07) is 2.66. The normalized spacial score (nSPS) is 19.6. The Morgan fingerprint density at radius 1 is 1.31 bits per heavy atom. The second kappa shape index (κ2) is 6.86. The maximum Gasteiger partial charge on any atom is 0.250 e. The molecule has 0 unspecified atom stereocenters. The van der Waals surface area contributed by atoms with Gasteiger partial charge >= 0.3 is 0 Å². The molecule has 2 aromatic heterocycles. The molecule has 136 valence electrons. The lowest BCUT2D eigenvalue weighted by atomic mass is 10.0. The van der Waals surface area contributed by atoms with Crippen molar-refractivity contribution in [2.45, 2.75) is 39.0 Å². The van der Waals surface area contributed by atoms with E-state index in [4.69, 9.17) is 4.74 Å². The van der Waals surface area contributed by atoms with E-state index in [1.54, 1.807) is 0 Å². The summed E-state index contributed by atoms with van der Waals surface area (Å²) in [6.45, 7) is 3.24. The van der Waals surface area contributed by atoms with Crippen LogP contribution in [0.2, 0.25) is 0 Å². The Morgan fingerprint density at radius 3 is 2.88 bits per heavy atom. The highest BCUT2D eigenvalue weighted by molar-refractivity contribution is 5.80. The number of fused-ring (bicyclic) bond motifs is 1. The third-order valence-corrected chi connectivity index (χ3v) is 4.96. The van der Waals surface area contributed by atoms with Crippen molar-refractivity contribution in [2.24, 2.45) is 5.92 Å². The zero-order chi connectivity index (χ0) is 18.1. The summed E-state index contributed by atoms with van der Waals surface area (Å²) in [5.41, 5.74) is 0. The first-order chi connectivity index (χ1) is 12.6. The molecular weight excluding hydrogens is 337 g/mol. The number of carbonyl (C=O) groups excluding carboxylic acids is 1. The van der Waals surface area contributed by atoms with Gasteiger partial charge in [0.2, 0.25) is 5.91 Å². The molecule has 26 heavy (non-hydrogen) atoms. The van der Waals surface area contributed by atoms with E-state index in [0.29, 0.717) is 18.9 Å². The van der Waals surface area contributed by atoms with Crippen LogP contribution in [-0.4, -0.2) is 37.1 Å². The minimum Gasteiger partial charge on any atom is -0.467 e. The first kappa shape index (κ1) is 16.7. The van der Waals surface area contributed by atoms with Crippen LogP contribution in [0.5, 0.6) is 5.88 Å². The molecule has 0 radical (unpaired) electrons. The van der Waals surface area contributed by atoms with Gasteiger partial charge in [-0.3, -0.25) is 4.79 Å². The van der Waals surface area contributed by atoms with Gasteiger partial charge in [0.15, 0.2) is 17.5 Å². The number of ether oxygens (including phenoxy) is 1. The molecule has 8 heteroatoms. The molecule has 2 aromatic rings. The minimum absolute atomic E-state index is 0.0434. The topological polar surface area (TPSA) is 73.1 Å². The molecule has 1 aliphatic heterocycles. The van der Waals surface area contributed by atoms with Crippen molar-refractivity contribution in [1.82, 2.24) is 24.6 Å². The molecule has 3 heterocycles. The van der Waals surface area contributed by atoms with E-state index in [9.17, 15) is 9.18 Å². The van der Waals surface area contributed by atoms with Gasteiger partial charge < -0.3 is 14.2 Å². The maximum absolute atomic E-state index is 13.6. The van der Waals surface area contributed by atoms with Crippen molar-refractivity contribution in [1.29, 1.82) is 0 Å². The minimum atomic E-state index is -0.513. The highest BCUT2D eigenvalue weighted by Gasteiger charge is 2.34. The van der Waals surface area contributed by atoms with E-state index >= 15 is 0 Å². The van der Waals surface area contributed by atoms with E-state index in [1.165, 1.54) is 18.3 Å². The SMILES string of the molecule is C[C@@H]1c2nnc(COc3ncccc3F)n2CCN1C(=O)C1CC=CC1. The Hall–Kier alpha value is -2.77. The highest BCUT2D eigenvalue weighted by Crippen LogP contribution is 2.29. The molecule has 0 saturated heterocycles. The second-order valence-corrected chi connectivity index (χ2v) is 6.55. The number of halogens is 1. The van der Waals surface area contributed by atoms with Crippen LogP contribution in [0.3, 0.4) is 0 Å². The van der Waals surface area contributed by atoms with Crippen molar-refractivity contribution >= 4 is 5.91 Å². The predicted molar refractivity (Wildman–Crippen MR) is 90.5 cm³/mol. The van der Waals surface area contributed by atoms with Crippen molar-refractivity contribution in [3.05, 3.63) is 47.9 Å². The summed E-state index contributed by atoms with van der Waals surface area (Å²) in [5, 5.41) is 8.41. The van der Waals surface area contributed by atoms with Crippen LogP contribution in [0.4, 0.5) is 4.39 Å². The number of rotatable bonds is 4. The molecular formula is C18H20FN5O2. The van der Waals surface area contributed by atoms with Crippen molar-refractivity contribution < 1.29 is 13.9 Å². The molecule has 0 spiro atoms. The van der Waals surface area contributed by atoms with Gasteiger partial charge in [-0.15, -0.1) is 10.2 Å². The summed E-state index contributed by atoms with van der Waals surface area (Å²) in [6.07, 6.45) is 7.21. The van der Waals surface area contributed by atoms with Gasteiger partial charge in [0.1, 0.15) is 6.61 Å². The van der Waals surface area contributed by atoms with Gasteiger partial charge in [-0.25, -0.2) is 9.37 Å². The summed E-state index contributed by atoms with van der Waals surface area (Å²) in [5.74, 6) is 0.981. The Bertz CT molecular complexity index is 842. The molecule has 0 saturated carbocycles. The molecule has 0 N–H and O–H groups in total. The summed E-state index contributed by atoms with van der Waals surface area (Å²) in [4.78, 5) is 18.5. The third kappa shape index (κ3) is 2.95. The van der Waals surface area contributed by atoms with E-state index in [2.05, 4.69) is 27.3 Å². The molecule has 1 atom stereocenters. The van der Waals surface area contributed by atoms with Gasteiger partial charge in [-0.05, 0) is 31.9 Å². The molecule has 0 bridgehead atoms. The van der Waals surface area contributed by atoms with Gasteiger partial charge in [-0.1, -0.05) is 12.2 Å². The van der Waals surface area contributed by atoms with Crippen molar-refractivity contribution in [2.75, 3.05) is 6.54 Å². The highest BCUT2D eigenvalue weighted by atomic mass is 19.1.